The van der Waals surface area contributed by atoms with E-state index in [4.69, 9.17) is 9.47 Å². The lowest BCUT2D eigenvalue weighted by atomic mass is 9.91. The van der Waals surface area contributed by atoms with Crippen molar-refractivity contribution >= 4 is 11.5 Å². The van der Waals surface area contributed by atoms with E-state index in [0.717, 1.165) is 26.5 Å². The van der Waals surface area contributed by atoms with E-state index in [2.05, 4.69) is 4.74 Å². The van der Waals surface area contributed by atoms with Crippen molar-refractivity contribution in [1.29, 1.82) is 0 Å². The highest BCUT2D eigenvalue weighted by atomic mass is 19.4. The number of methoxy groups -OCH3 is 1. The first-order valence-electron chi connectivity index (χ1n) is 8.65. The molecule has 1 aliphatic rings. The maximum Gasteiger partial charge on any atom is 0.432 e. The highest BCUT2D eigenvalue weighted by molar-refractivity contribution is 6.21. The Morgan fingerprint density at radius 3 is 2.31 bits per heavy atom. The van der Waals surface area contributed by atoms with Gasteiger partial charge < -0.3 is 14.2 Å². The van der Waals surface area contributed by atoms with Gasteiger partial charge in [-0.25, -0.2) is 4.79 Å². The number of ether oxygens (including phenoxy) is 3. The van der Waals surface area contributed by atoms with Crippen molar-refractivity contribution in [2.45, 2.75) is 32.2 Å². The summed E-state index contributed by atoms with van der Waals surface area (Å²) in [5.41, 5.74) is -2.87. The summed E-state index contributed by atoms with van der Waals surface area (Å²) in [5, 5.41) is 0. The number of hydrogen-bond donors (Lipinski definition) is 0. The number of hydrogen-bond acceptors (Lipinski definition) is 4. The van der Waals surface area contributed by atoms with Crippen molar-refractivity contribution in [3.63, 3.8) is 0 Å². The fourth-order valence-electron chi connectivity index (χ4n) is 3.07. The summed E-state index contributed by atoms with van der Waals surface area (Å²) in [6.45, 7) is 1.97. The number of esters is 1. The van der Waals surface area contributed by atoms with E-state index in [1.807, 2.05) is 6.07 Å². The third kappa shape index (κ3) is 3.54. The maximum absolute atomic E-state index is 14.9. The molecule has 0 aliphatic carbocycles. The number of rotatable bonds is 5. The number of cyclic esters (lactones) is 1. The summed E-state index contributed by atoms with van der Waals surface area (Å²) >= 11 is 0. The van der Waals surface area contributed by atoms with E-state index < -0.39 is 29.3 Å². The molecule has 0 amide bonds. The molecule has 0 unspecified atom stereocenters. The van der Waals surface area contributed by atoms with E-state index >= 15 is 0 Å². The van der Waals surface area contributed by atoms with Crippen LogP contribution in [0.2, 0.25) is 0 Å². The molecular weight excluding hydrogens is 392 g/mol. The van der Waals surface area contributed by atoms with Crippen molar-refractivity contribution in [1.82, 2.24) is 0 Å². The standard InChI is InChI=1S/C21H18F4O4/c1-12-16(19(26)29-20(12,2)21(23,24)25)14-9-10-15(17(22)18(14)27-3)28-11-13-7-5-4-6-8-13/h4-10H,11H2,1-3H3/t20-/m1/s1. The molecule has 0 N–H and O–H groups in total. The van der Waals surface area contributed by atoms with Crippen LogP contribution in [0, 0.1) is 5.82 Å². The lowest BCUT2D eigenvalue weighted by Crippen LogP contribution is -2.43. The Bertz CT molecular complexity index is 967. The molecule has 0 saturated carbocycles. The highest BCUT2D eigenvalue weighted by Crippen LogP contribution is 2.49. The summed E-state index contributed by atoms with van der Waals surface area (Å²) in [5.74, 6) is -2.67. The van der Waals surface area contributed by atoms with E-state index in [1.54, 1.807) is 24.3 Å². The number of benzene rings is 2. The van der Waals surface area contributed by atoms with Gasteiger partial charge in [-0.15, -0.1) is 0 Å². The first-order chi connectivity index (χ1) is 13.6. The molecular formula is C21H18F4O4. The molecule has 2 aromatic rings. The van der Waals surface area contributed by atoms with Gasteiger partial charge in [0, 0.05) is 5.56 Å². The first kappa shape index (κ1) is 20.7. The number of halogens is 4. The van der Waals surface area contributed by atoms with Gasteiger partial charge in [0.05, 0.1) is 12.7 Å². The van der Waals surface area contributed by atoms with E-state index in [0.29, 0.717) is 0 Å². The van der Waals surface area contributed by atoms with Crippen LogP contribution >= 0.6 is 0 Å². The summed E-state index contributed by atoms with van der Waals surface area (Å²) in [6, 6.07) is 11.5. The second-order valence-corrected chi connectivity index (χ2v) is 6.65. The minimum absolute atomic E-state index is 0.0795. The van der Waals surface area contributed by atoms with Crippen LogP contribution in [-0.2, 0) is 16.1 Å². The summed E-state index contributed by atoms with van der Waals surface area (Å²) in [7, 11) is 1.15. The van der Waals surface area contributed by atoms with Gasteiger partial charge in [-0.1, -0.05) is 30.3 Å². The lowest BCUT2D eigenvalue weighted by Gasteiger charge is -2.27. The van der Waals surface area contributed by atoms with Gasteiger partial charge >= 0.3 is 12.1 Å². The first-order valence-corrected chi connectivity index (χ1v) is 8.65. The van der Waals surface area contributed by atoms with Crippen LogP contribution in [0.5, 0.6) is 11.5 Å². The van der Waals surface area contributed by atoms with Gasteiger partial charge in [0.25, 0.3) is 0 Å². The van der Waals surface area contributed by atoms with Crippen molar-refractivity contribution < 1.29 is 36.6 Å². The van der Waals surface area contributed by atoms with Crippen LogP contribution in [-0.4, -0.2) is 24.9 Å². The molecule has 0 saturated heterocycles. The fourth-order valence-corrected chi connectivity index (χ4v) is 3.07. The molecule has 29 heavy (non-hydrogen) atoms. The monoisotopic (exact) mass is 410 g/mol. The van der Waals surface area contributed by atoms with Crippen molar-refractivity contribution in [2.24, 2.45) is 0 Å². The van der Waals surface area contributed by atoms with Gasteiger partial charge in [0.1, 0.15) is 6.61 Å². The van der Waals surface area contributed by atoms with E-state index in [9.17, 15) is 22.4 Å². The molecule has 2 aromatic carbocycles. The Morgan fingerprint density at radius 2 is 1.76 bits per heavy atom. The quantitative estimate of drug-likeness (QED) is 0.510. The van der Waals surface area contributed by atoms with Gasteiger partial charge in [-0.3, -0.25) is 0 Å². The molecule has 0 spiro atoms. The molecule has 0 fully saturated rings. The van der Waals surface area contributed by atoms with Gasteiger partial charge in [0.2, 0.25) is 11.4 Å². The topological polar surface area (TPSA) is 44.8 Å². The molecule has 8 heteroatoms. The average molecular weight is 410 g/mol. The van der Waals surface area contributed by atoms with Crippen LogP contribution in [0.1, 0.15) is 25.0 Å². The minimum Gasteiger partial charge on any atom is -0.493 e. The second kappa shape index (κ2) is 7.42. The maximum atomic E-state index is 14.9. The highest BCUT2D eigenvalue weighted by Gasteiger charge is 2.60. The van der Waals surface area contributed by atoms with Crippen LogP contribution in [0.4, 0.5) is 17.6 Å². The predicted octanol–water partition coefficient (Wildman–Crippen LogP) is 5.06. The third-order valence-corrected chi connectivity index (χ3v) is 4.90. The second-order valence-electron chi connectivity index (χ2n) is 6.65. The minimum atomic E-state index is -4.82. The number of alkyl halides is 3. The van der Waals surface area contributed by atoms with Gasteiger partial charge in [0.15, 0.2) is 11.5 Å². The average Bonchev–Trinajstić information content (AvgIpc) is 2.91. The summed E-state index contributed by atoms with van der Waals surface area (Å²) < 4.78 is 70.3. The zero-order valence-corrected chi connectivity index (χ0v) is 15.9. The van der Waals surface area contributed by atoms with Crippen molar-refractivity contribution in [2.75, 3.05) is 7.11 Å². The van der Waals surface area contributed by atoms with Crippen LogP contribution in [0.25, 0.3) is 5.57 Å². The Labute approximate surface area is 164 Å². The Balaban J connectivity index is 2.01. The number of carbonyl (C=O) groups is 1. The molecule has 0 radical (unpaired) electrons. The van der Waals surface area contributed by atoms with Gasteiger partial charge in [-0.05, 0) is 37.1 Å². The molecule has 1 aliphatic heterocycles. The van der Waals surface area contributed by atoms with E-state index in [1.165, 1.54) is 12.1 Å². The normalized spacial score (nSPS) is 19.3. The predicted molar refractivity (Wildman–Crippen MR) is 96.9 cm³/mol. The molecule has 0 bridgehead atoms. The summed E-state index contributed by atoms with van der Waals surface area (Å²) in [6.07, 6.45) is -4.82. The Hall–Kier alpha value is -3.03. The largest absolute Gasteiger partial charge is 0.493 e. The SMILES string of the molecule is COc1c(C2=C(C)[C@](C)(C(F)(F)F)OC2=O)ccc(OCc2ccccc2)c1F. The molecule has 154 valence electrons. The fraction of sp³-hybridized carbons (Fsp3) is 0.286. The van der Waals surface area contributed by atoms with Crippen LogP contribution in [0.15, 0.2) is 48.0 Å². The van der Waals surface area contributed by atoms with Gasteiger partial charge in [-0.2, -0.15) is 17.6 Å². The summed E-state index contributed by atoms with van der Waals surface area (Å²) in [4.78, 5) is 12.2. The molecule has 3 rings (SSSR count). The van der Waals surface area contributed by atoms with Crippen LogP contribution in [0.3, 0.4) is 0 Å². The molecule has 4 nitrogen and oxygen atoms in total. The zero-order valence-electron chi connectivity index (χ0n) is 15.9. The van der Waals surface area contributed by atoms with Crippen molar-refractivity contribution in [3.8, 4) is 11.5 Å². The smallest absolute Gasteiger partial charge is 0.432 e. The van der Waals surface area contributed by atoms with Crippen molar-refractivity contribution in [3.05, 3.63) is 65.0 Å². The molecule has 1 heterocycles. The van der Waals surface area contributed by atoms with Crippen LogP contribution < -0.4 is 9.47 Å². The Kier molecular flexibility index (Phi) is 5.30. The van der Waals surface area contributed by atoms with E-state index in [-0.39, 0.29) is 29.1 Å². The lowest BCUT2D eigenvalue weighted by molar-refractivity contribution is -0.242. The molecule has 0 aromatic heterocycles. The molecule has 1 atom stereocenters. The zero-order chi connectivity index (χ0) is 21.4. The third-order valence-electron chi connectivity index (χ3n) is 4.90. The Morgan fingerprint density at radius 1 is 1.10 bits per heavy atom. The number of carbonyl (C=O) groups excluding carboxylic acids is 1.